The number of nitrogens with one attached hydrogen (secondary N) is 2. The molecule has 8 nitrogen and oxygen atoms in total. The van der Waals surface area contributed by atoms with Crippen LogP contribution in [0.1, 0.15) is 40.2 Å². The first-order chi connectivity index (χ1) is 21.4. The molecule has 2 heterocycles. The Kier molecular flexibility index (Phi) is 10.7. The number of carbonyl (C=O) groups is 3. The van der Waals surface area contributed by atoms with Gasteiger partial charge in [0, 0.05) is 35.1 Å². The summed E-state index contributed by atoms with van der Waals surface area (Å²) >= 11 is 2.82. The Hall–Kier alpha value is -4.12. The highest BCUT2D eigenvalue weighted by atomic mass is 32.2. The Morgan fingerprint density at radius 3 is 2.48 bits per heavy atom. The van der Waals surface area contributed by atoms with Gasteiger partial charge in [-0.1, -0.05) is 54.6 Å². The molecule has 0 saturated carbocycles. The van der Waals surface area contributed by atoms with Crippen molar-refractivity contribution in [3.05, 3.63) is 106 Å². The van der Waals surface area contributed by atoms with Gasteiger partial charge in [-0.15, -0.1) is 23.1 Å². The van der Waals surface area contributed by atoms with Gasteiger partial charge in [0.05, 0.1) is 17.4 Å². The van der Waals surface area contributed by atoms with E-state index in [-0.39, 0.29) is 25.0 Å². The first kappa shape index (κ1) is 31.3. The Labute approximate surface area is 265 Å². The van der Waals surface area contributed by atoms with Crippen LogP contribution in [0.2, 0.25) is 0 Å². The van der Waals surface area contributed by atoms with Crippen LogP contribution >= 0.6 is 23.1 Å². The lowest BCUT2D eigenvalue weighted by Gasteiger charge is -2.27. The monoisotopic (exact) mass is 629 g/mol. The SMILES string of the molecule is CCOC(=O)c1c(NC(=O)C(C)Sc2cccc(NC(=O)COc3ccccc3)c2)sc2c1CCN(Cc1ccccc1)C2. The molecule has 1 aliphatic rings. The lowest BCUT2D eigenvalue weighted by molar-refractivity contribution is -0.118. The van der Waals surface area contributed by atoms with Gasteiger partial charge in [-0.2, -0.15) is 0 Å². The Balaban J connectivity index is 1.22. The minimum atomic E-state index is -0.467. The first-order valence-electron chi connectivity index (χ1n) is 14.5. The average molecular weight is 630 g/mol. The molecule has 1 unspecified atom stereocenters. The summed E-state index contributed by atoms with van der Waals surface area (Å²) in [7, 11) is 0. The Bertz CT molecular complexity index is 1590. The van der Waals surface area contributed by atoms with E-state index in [1.54, 1.807) is 25.1 Å². The third-order valence-electron chi connectivity index (χ3n) is 7.01. The number of thiophene rings is 1. The summed E-state index contributed by atoms with van der Waals surface area (Å²) in [5.74, 6) is -0.283. The zero-order valence-electron chi connectivity index (χ0n) is 24.7. The average Bonchev–Trinajstić information content (AvgIpc) is 3.38. The Morgan fingerprint density at radius 1 is 0.977 bits per heavy atom. The number of nitrogens with zero attached hydrogens (tertiary/aromatic N) is 1. The van der Waals surface area contributed by atoms with E-state index in [9.17, 15) is 14.4 Å². The van der Waals surface area contributed by atoms with Crippen LogP contribution in [0.25, 0.3) is 0 Å². The smallest absolute Gasteiger partial charge is 0.341 e. The van der Waals surface area contributed by atoms with Gasteiger partial charge in [-0.25, -0.2) is 4.79 Å². The number of thioether (sulfide) groups is 1. The number of esters is 1. The van der Waals surface area contributed by atoms with Crippen LogP contribution in [0.4, 0.5) is 10.7 Å². The van der Waals surface area contributed by atoms with Crippen molar-refractivity contribution in [2.24, 2.45) is 0 Å². The van der Waals surface area contributed by atoms with Crippen LogP contribution in [0.5, 0.6) is 5.75 Å². The molecule has 1 atom stereocenters. The number of fused-ring (bicyclic) bond motifs is 1. The van der Waals surface area contributed by atoms with Gasteiger partial charge >= 0.3 is 5.97 Å². The molecule has 44 heavy (non-hydrogen) atoms. The van der Waals surface area contributed by atoms with Gasteiger partial charge in [0.15, 0.2) is 6.61 Å². The van der Waals surface area contributed by atoms with Gasteiger partial charge in [-0.3, -0.25) is 14.5 Å². The van der Waals surface area contributed by atoms with Crippen molar-refractivity contribution in [3.8, 4) is 5.75 Å². The molecule has 4 aromatic rings. The molecule has 228 valence electrons. The van der Waals surface area contributed by atoms with Crippen LogP contribution < -0.4 is 15.4 Å². The number of hydrogen-bond donors (Lipinski definition) is 2. The van der Waals surface area contributed by atoms with Gasteiger partial charge in [0.25, 0.3) is 5.91 Å². The molecular formula is C34H35N3O5S2. The van der Waals surface area contributed by atoms with E-state index in [1.807, 2.05) is 61.5 Å². The third-order valence-corrected chi connectivity index (χ3v) is 9.24. The summed E-state index contributed by atoms with van der Waals surface area (Å²) in [4.78, 5) is 43.1. The molecule has 0 saturated heterocycles. The number of hydrogen-bond acceptors (Lipinski definition) is 8. The fourth-order valence-electron chi connectivity index (χ4n) is 4.92. The lowest BCUT2D eigenvalue weighted by atomic mass is 10.0. The largest absolute Gasteiger partial charge is 0.484 e. The number of benzene rings is 3. The van der Waals surface area contributed by atoms with E-state index in [2.05, 4.69) is 27.7 Å². The molecule has 1 aromatic heterocycles. The highest BCUT2D eigenvalue weighted by Crippen LogP contribution is 2.38. The van der Waals surface area contributed by atoms with E-state index in [4.69, 9.17) is 9.47 Å². The standard InChI is InChI=1S/C34H35N3O5S2/c1-3-41-34(40)31-28-17-18-37(20-24-11-6-4-7-12-24)21-29(28)44-33(31)36-32(39)23(2)43-27-16-10-13-25(19-27)35-30(38)22-42-26-14-8-5-9-15-26/h4-16,19,23H,3,17-18,20-22H2,1-2H3,(H,35,38)(H,36,39). The molecular weight excluding hydrogens is 595 g/mol. The van der Waals surface area contributed by atoms with E-state index in [0.29, 0.717) is 35.0 Å². The second-order valence-electron chi connectivity index (χ2n) is 10.3. The minimum Gasteiger partial charge on any atom is -0.484 e. The van der Waals surface area contributed by atoms with Crippen LogP contribution in [0.3, 0.4) is 0 Å². The lowest BCUT2D eigenvalue weighted by Crippen LogP contribution is -2.30. The number of ether oxygens (including phenoxy) is 2. The summed E-state index contributed by atoms with van der Waals surface area (Å²) in [6.07, 6.45) is 0.710. The molecule has 1 aliphatic heterocycles. The topological polar surface area (TPSA) is 97.0 Å². The molecule has 0 bridgehead atoms. The van der Waals surface area contributed by atoms with Gasteiger partial charge in [0.2, 0.25) is 5.91 Å². The van der Waals surface area contributed by atoms with E-state index < -0.39 is 11.2 Å². The molecule has 10 heteroatoms. The molecule has 2 amide bonds. The zero-order valence-corrected chi connectivity index (χ0v) is 26.3. The van der Waals surface area contributed by atoms with Gasteiger partial charge < -0.3 is 20.1 Å². The summed E-state index contributed by atoms with van der Waals surface area (Å²) in [6.45, 7) is 6.08. The summed E-state index contributed by atoms with van der Waals surface area (Å²) in [5, 5.41) is 5.93. The van der Waals surface area contributed by atoms with Crippen LogP contribution in [0.15, 0.2) is 89.8 Å². The predicted octanol–water partition coefficient (Wildman–Crippen LogP) is 6.62. The van der Waals surface area contributed by atoms with E-state index >= 15 is 0 Å². The maximum atomic E-state index is 13.4. The second-order valence-corrected chi connectivity index (χ2v) is 12.8. The molecule has 5 rings (SSSR count). The molecule has 2 N–H and O–H groups in total. The van der Waals surface area contributed by atoms with Gasteiger partial charge in [-0.05, 0) is 61.7 Å². The summed E-state index contributed by atoms with van der Waals surface area (Å²) < 4.78 is 10.9. The number of carbonyl (C=O) groups excluding carboxylic acids is 3. The van der Waals surface area contributed by atoms with E-state index in [1.165, 1.54) is 28.7 Å². The van der Waals surface area contributed by atoms with Crippen LogP contribution in [-0.2, 0) is 33.8 Å². The van der Waals surface area contributed by atoms with Gasteiger partial charge in [0.1, 0.15) is 10.8 Å². The molecule has 0 radical (unpaired) electrons. The van der Waals surface area contributed by atoms with Crippen molar-refractivity contribution in [1.29, 1.82) is 0 Å². The normalized spacial score (nSPS) is 13.4. The number of amides is 2. The molecule has 0 spiro atoms. The van der Waals surface area contributed by atoms with Crippen molar-refractivity contribution >= 4 is 51.6 Å². The Morgan fingerprint density at radius 2 is 1.73 bits per heavy atom. The highest BCUT2D eigenvalue weighted by Gasteiger charge is 2.30. The van der Waals surface area contributed by atoms with Crippen LogP contribution in [-0.4, -0.2) is 47.7 Å². The maximum Gasteiger partial charge on any atom is 0.341 e. The fourth-order valence-corrected chi connectivity index (χ4v) is 7.13. The number of anilines is 2. The second kappa shape index (κ2) is 15.1. The third kappa shape index (κ3) is 8.28. The van der Waals surface area contributed by atoms with Crippen LogP contribution in [0, 0.1) is 0 Å². The molecule has 3 aromatic carbocycles. The quantitative estimate of drug-likeness (QED) is 0.134. The van der Waals surface area contributed by atoms with E-state index in [0.717, 1.165) is 28.4 Å². The number of rotatable bonds is 12. The summed E-state index contributed by atoms with van der Waals surface area (Å²) in [6, 6.07) is 26.8. The molecule has 0 fully saturated rings. The maximum absolute atomic E-state index is 13.4. The van der Waals surface area contributed by atoms with Crippen molar-refractivity contribution in [1.82, 2.24) is 4.90 Å². The predicted molar refractivity (Wildman–Crippen MR) is 175 cm³/mol. The van der Waals surface area contributed by atoms with Crippen molar-refractivity contribution < 1.29 is 23.9 Å². The zero-order chi connectivity index (χ0) is 30.9. The van der Waals surface area contributed by atoms with Crippen molar-refractivity contribution in [2.75, 3.05) is 30.4 Å². The highest BCUT2D eigenvalue weighted by molar-refractivity contribution is 8.00. The van der Waals surface area contributed by atoms with Crippen molar-refractivity contribution in [2.45, 2.75) is 43.5 Å². The minimum absolute atomic E-state index is 0.113. The first-order valence-corrected chi connectivity index (χ1v) is 16.2. The summed E-state index contributed by atoms with van der Waals surface area (Å²) in [5.41, 5.74) is 3.29. The molecule has 0 aliphatic carbocycles. The van der Waals surface area contributed by atoms with Crippen molar-refractivity contribution in [3.63, 3.8) is 0 Å². The number of para-hydroxylation sites is 1. The fraction of sp³-hybridized carbons (Fsp3) is 0.265.